The Hall–Kier alpha value is -1.79. The predicted molar refractivity (Wildman–Crippen MR) is 94.4 cm³/mol. The number of nitrogens with one attached hydrogen (secondary N) is 2. The third-order valence-corrected chi connectivity index (χ3v) is 4.97. The maximum Gasteiger partial charge on any atom is 0.315 e. The Balaban J connectivity index is 1.55. The van der Waals surface area contributed by atoms with Gasteiger partial charge in [-0.05, 0) is 33.0 Å². The second-order valence-corrected chi connectivity index (χ2v) is 6.83. The van der Waals surface area contributed by atoms with Crippen molar-refractivity contribution < 1.29 is 9.53 Å². The lowest BCUT2D eigenvalue weighted by Gasteiger charge is -2.37. The van der Waals surface area contributed by atoms with Crippen LogP contribution < -0.4 is 15.4 Å². The number of carbonyl (C=O) groups excluding carboxylic acids is 1. The number of likely N-dealkylation sites (N-methyl/N-ethyl adjacent to an activating group) is 2. The van der Waals surface area contributed by atoms with E-state index in [4.69, 9.17) is 4.74 Å². The van der Waals surface area contributed by atoms with Crippen molar-refractivity contribution in [2.45, 2.75) is 24.9 Å². The molecule has 132 valence electrons. The molecule has 2 heterocycles. The van der Waals surface area contributed by atoms with Gasteiger partial charge in [0.2, 0.25) is 0 Å². The Kier molecular flexibility index (Phi) is 5.58. The molecule has 2 N–H and O–H groups in total. The number of fused-ring (bicyclic) bond motifs is 1. The summed E-state index contributed by atoms with van der Waals surface area (Å²) < 4.78 is 5.76. The van der Waals surface area contributed by atoms with Gasteiger partial charge >= 0.3 is 6.03 Å². The number of hydrogen-bond donors (Lipinski definition) is 2. The molecule has 1 aromatic rings. The maximum atomic E-state index is 12.4. The topological polar surface area (TPSA) is 56.8 Å². The molecule has 0 spiro atoms. The maximum absolute atomic E-state index is 12.4. The van der Waals surface area contributed by atoms with Crippen LogP contribution in [0.1, 0.15) is 24.4 Å². The molecule has 2 amide bonds. The minimum Gasteiger partial charge on any atom is -0.493 e. The number of amides is 2. The molecule has 24 heavy (non-hydrogen) atoms. The quantitative estimate of drug-likeness (QED) is 0.880. The van der Waals surface area contributed by atoms with E-state index in [1.54, 1.807) is 0 Å². The van der Waals surface area contributed by atoms with Crippen LogP contribution in [0.15, 0.2) is 24.3 Å². The zero-order valence-corrected chi connectivity index (χ0v) is 14.6. The summed E-state index contributed by atoms with van der Waals surface area (Å²) in [6.45, 7) is 4.47. The van der Waals surface area contributed by atoms with E-state index >= 15 is 0 Å². The van der Waals surface area contributed by atoms with E-state index in [0.29, 0.717) is 19.2 Å². The highest BCUT2D eigenvalue weighted by Gasteiger charge is 2.24. The molecule has 6 nitrogen and oxygen atoms in total. The second kappa shape index (κ2) is 7.85. The average Bonchev–Trinajstić information content (AvgIpc) is 2.78. The van der Waals surface area contributed by atoms with Gasteiger partial charge in [-0.3, -0.25) is 4.90 Å². The fourth-order valence-electron chi connectivity index (χ4n) is 3.42. The number of nitrogens with zero attached hydrogens (tertiary/aromatic N) is 2. The summed E-state index contributed by atoms with van der Waals surface area (Å²) in [6, 6.07) is 8.24. The van der Waals surface area contributed by atoms with Crippen molar-refractivity contribution in [1.82, 2.24) is 20.4 Å². The third-order valence-electron chi connectivity index (χ3n) is 4.97. The zero-order valence-electron chi connectivity index (χ0n) is 14.6. The van der Waals surface area contributed by atoms with E-state index < -0.39 is 0 Å². The molecule has 1 aromatic carbocycles. The number of benzene rings is 1. The number of ether oxygens (including phenoxy) is 1. The predicted octanol–water partition coefficient (Wildman–Crippen LogP) is 1.45. The van der Waals surface area contributed by atoms with Gasteiger partial charge in [0.25, 0.3) is 0 Å². The van der Waals surface area contributed by atoms with Crippen LogP contribution >= 0.6 is 0 Å². The Morgan fingerprint density at radius 2 is 2.12 bits per heavy atom. The van der Waals surface area contributed by atoms with Gasteiger partial charge in [-0.25, -0.2) is 4.79 Å². The molecule has 1 saturated heterocycles. The van der Waals surface area contributed by atoms with Crippen LogP contribution in [0.25, 0.3) is 0 Å². The normalized spacial score (nSPS) is 25.2. The molecule has 6 heteroatoms. The Morgan fingerprint density at radius 1 is 1.29 bits per heavy atom. The largest absolute Gasteiger partial charge is 0.493 e. The number of hydrogen-bond acceptors (Lipinski definition) is 4. The molecular weight excluding hydrogens is 304 g/mol. The molecule has 1 fully saturated rings. The highest BCUT2D eigenvalue weighted by atomic mass is 16.5. The molecule has 0 radical (unpaired) electrons. The van der Waals surface area contributed by atoms with Crippen molar-refractivity contribution in [3.05, 3.63) is 29.8 Å². The Bertz CT molecular complexity index is 566. The minimum atomic E-state index is -0.0988. The smallest absolute Gasteiger partial charge is 0.315 e. The fraction of sp³-hybridized carbons (Fsp3) is 0.611. The molecule has 0 bridgehead atoms. The molecule has 2 unspecified atom stereocenters. The van der Waals surface area contributed by atoms with Gasteiger partial charge < -0.3 is 20.3 Å². The summed E-state index contributed by atoms with van der Waals surface area (Å²) in [5, 5.41) is 6.16. The Morgan fingerprint density at radius 3 is 3.00 bits per heavy atom. The first-order valence-electron chi connectivity index (χ1n) is 8.78. The van der Waals surface area contributed by atoms with Gasteiger partial charge in [0.15, 0.2) is 0 Å². The summed E-state index contributed by atoms with van der Waals surface area (Å²) in [6.07, 6.45) is 1.84. The van der Waals surface area contributed by atoms with E-state index in [-0.39, 0.29) is 12.1 Å². The second-order valence-electron chi connectivity index (χ2n) is 6.83. The number of carbonyl (C=O) groups is 1. The van der Waals surface area contributed by atoms with Crippen LogP contribution in [0.3, 0.4) is 0 Å². The van der Waals surface area contributed by atoms with Crippen molar-refractivity contribution in [2.24, 2.45) is 0 Å². The van der Waals surface area contributed by atoms with Crippen LogP contribution in [0.5, 0.6) is 5.75 Å². The van der Waals surface area contributed by atoms with Crippen molar-refractivity contribution >= 4 is 6.03 Å². The first-order chi connectivity index (χ1) is 11.6. The summed E-state index contributed by atoms with van der Waals surface area (Å²) >= 11 is 0. The molecule has 0 aliphatic carbocycles. The monoisotopic (exact) mass is 332 g/mol. The van der Waals surface area contributed by atoms with Crippen molar-refractivity contribution in [3.63, 3.8) is 0 Å². The van der Waals surface area contributed by atoms with Crippen molar-refractivity contribution in [1.29, 1.82) is 0 Å². The minimum absolute atomic E-state index is 0.00968. The van der Waals surface area contributed by atoms with Crippen LogP contribution in [0.4, 0.5) is 4.79 Å². The van der Waals surface area contributed by atoms with Crippen molar-refractivity contribution in [2.75, 3.05) is 46.9 Å². The molecule has 2 atom stereocenters. The van der Waals surface area contributed by atoms with Crippen LogP contribution in [-0.4, -0.2) is 68.8 Å². The number of rotatable bonds is 3. The van der Waals surface area contributed by atoms with Gasteiger partial charge in [0.1, 0.15) is 5.75 Å². The lowest BCUT2D eigenvalue weighted by molar-refractivity contribution is 0.114. The standard InChI is InChI=1S/C18H28N4O2/c1-21-9-10-22(2)14(13-21)12-19-18(23)20-16-7-5-11-24-17-8-4-3-6-15(16)17/h3-4,6,8,14,16H,5,7,9-13H2,1-2H3,(H2,19,20,23). The molecule has 0 aromatic heterocycles. The van der Waals surface area contributed by atoms with Gasteiger partial charge in [-0.15, -0.1) is 0 Å². The number of urea groups is 1. The van der Waals surface area contributed by atoms with Crippen LogP contribution in [-0.2, 0) is 0 Å². The Labute approximate surface area is 144 Å². The summed E-state index contributed by atoms with van der Waals surface area (Å²) in [4.78, 5) is 17.0. The fourth-order valence-corrected chi connectivity index (χ4v) is 3.42. The summed E-state index contributed by atoms with van der Waals surface area (Å²) in [5.74, 6) is 0.883. The molecule has 2 aliphatic rings. The average molecular weight is 332 g/mol. The van der Waals surface area contributed by atoms with Gasteiger partial charge in [0.05, 0.1) is 12.6 Å². The highest BCUT2D eigenvalue weighted by Crippen LogP contribution is 2.30. The molecule has 3 rings (SSSR count). The third kappa shape index (κ3) is 4.19. The number of para-hydroxylation sites is 1. The first kappa shape index (κ1) is 17.0. The zero-order chi connectivity index (χ0) is 16.9. The lowest BCUT2D eigenvalue weighted by atomic mass is 10.0. The molecule has 2 aliphatic heterocycles. The van der Waals surface area contributed by atoms with E-state index in [0.717, 1.165) is 43.8 Å². The first-order valence-corrected chi connectivity index (χ1v) is 8.78. The van der Waals surface area contributed by atoms with E-state index in [1.165, 1.54) is 0 Å². The lowest BCUT2D eigenvalue weighted by Crippen LogP contribution is -2.55. The summed E-state index contributed by atoms with van der Waals surface area (Å²) in [7, 11) is 4.25. The summed E-state index contributed by atoms with van der Waals surface area (Å²) in [5.41, 5.74) is 1.07. The van der Waals surface area contributed by atoms with Crippen molar-refractivity contribution in [3.8, 4) is 5.75 Å². The number of piperazine rings is 1. The molecular formula is C18H28N4O2. The van der Waals surface area contributed by atoms with E-state index in [2.05, 4.69) is 34.5 Å². The van der Waals surface area contributed by atoms with Gasteiger partial charge in [-0.2, -0.15) is 0 Å². The van der Waals surface area contributed by atoms with Gasteiger partial charge in [0, 0.05) is 37.8 Å². The van der Waals surface area contributed by atoms with Gasteiger partial charge in [-0.1, -0.05) is 18.2 Å². The SMILES string of the molecule is CN1CCN(C)C(CNC(=O)NC2CCCOc3ccccc32)C1. The van der Waals surface area contributed by atoms with Crippen LogP contribution in [0, 0.1) is 0 Å². The highest BCUT2D eigenvalue weighted by molar-refractivity contribution is 5.74. The molecule has 0 saturated carbocycles. The van der Waals surface area contributed by atoms with Crippen LogP contribution in [0.2, 0.25) is 0 Å². The van der Waals surface area contributed by atoms with E-state index in [1.807, 2.05) is 24.3 Å². The van der Waals surface area contributed by atoms with E-state index in [9.17, 15) is 4.79 Å².